The molecule has 0 spiro atoms. The summed E-state index contributed by atoms with van der Waals surface area (Å²) in [5.41, 5.74) is 3.76. The summed E-state index contributed by atoms with van der Waals surface area (Å²) in [6.45, 7) is -0.325. The minimum atomic E-state index is -4.07. The molecule has 0 saturated heterocycles. The second-order valence-corrected chi connectivity index (χ2v) is 11.9. The van der Waals surface area contributed by atoms with Gasteiger partial charge in [0.1, 0.15) is 19.0 Å². The fourth-order valence-corrected chi connectivity index (χ4v) is 5.89. The summed E-state index contributed by atoms with van der Waals surface area (Å²) in [4.78, 5) is 16.9. The first kappa shape index (κ1) is 30.3. The molecule has 1 aromatic heterocycles. The third kappa shape index (κ3) is 7.76. The number of rotatable bonds is 11. The van der Waals surface area contributed by atoms with E-state index in [4.69, 9.17) is 32.7 Å². The highest BCUT2D eigenvalue weighted by Gasteiger charge is 2.27. The normalized spacial score (nSPS) is 11.3. The van der Waals surface area contributed by atoms with Gasteiger partial charge in [-0.3, -0.25) is 4.79 Å². The van der Waals surface area contributed by atoms with Crippen LogP contribution in [0.2, 0.25) is 10.0 Å². The van der Waals surface area contributed by atoms with Crippen LogP contribution in [0.4, 0.5) is 5.82 Å². The number of anilines is 1. The molecule has 41 heavy (non-hydrogen) atoms. The highest BCUT2D eigenvalue weighted by Crippen LogP contribution is 2.37. The summed E-state index contributed by atoms with van der Waals surface area (Å²) in [6.07, 6.45) is 2.84. The smallest absolute Gasteiger partial charge is 0.265 e. The van der Waals surface area contributed by atoms with Crippen molar-refractivity contribution in [2.45, 2.75) is 11.5 Å². The van der Waals surface area contributed by atoms with Crippen molar-refractivity contribution in [3.05, 3.63) is 111 Å². The first-order chi connectivity index (χ1) is 19.7. The summed E-state index contributed by atoms with van der Waals surface area (Å²) in [5.74, 6) is 0.305. The van der Waals surface area contributed by atoms with Gasteiger partial charge in [-0.1, -0.05) is 53.5 Å². The van der Waals surface area contributed by atoms with Crippen LogP contribution in [0, 0.1) is 0 Å². The topological polar surface area (TPSA) is 110 Å². The first-order valence-electron chi connectivity index (χ1n) is 11.9. The van der Waals surface area contributed by atoms with E-state index in [1.54, 1.807) is 60.7 Å². The van der Waals surface area contributed by atoms with Gasteiger partial charge in [0, 0.05) is 6.20 Å². The van der Waals surface area contributed by atoms with E-state index in [0.29, 0.717) is 31.6 Å². The quantitative estimate of drug-likeness (QED) is 0.152. The maximum Gasteiger partial charge on any atom is 0.265 e. The third-order valence-corrected chi connectivity index (χ3v) is 8.64. The van der Waals surface area contributed by atoms with E-state index in [0.717, 1.165) is 9.87 Å². The molecular formula is C28H23BrCl2N4O5S. The minimum Gasteiger partial charge on any atom is -0.493 e. The second-order valence-electron chi connectivity index (χ2n) is 8.38. The highest BCUT2D eigenvalue weighted by atomic mass is 79.9. The van der Waals surface area contributed by atoms with Crippen molar-refractivity contribution in [3.8, 4) is 11.5 Å². The maximum atomic E-state index is 13.3. The predicted octanol–water partition coefficient (Wildman–Crippen LogP) is 6.08. The largest absolute Gasteiger partial charge is 0.493 e. The van der Waals surface area contributed by atoms with Gasteiger partial charge in [0.25, 0.3) is 15.9 Å². The van der Waals surface area contributed by atoms with E-state index in [-0.39, 0.29) is 17.3 Å². The molecule has 0 saturated carbocycles. The number of nitrogens with zero attached hydrogens (tertiary/aromatic N) is 3. The number of benzene rings is 3. The number of hydrazone groups is 1. The summed E-state index contributed by atoms with van der Waals surface area (Å²) in [5, 5.41) is 4.87. The molecule has 4 aromatic rings. The second kappa shape index (κ2) is 13.8. The van der Waals surface area contributed by atoms with Crippen LogP contribution >= 0.6 is 39.1 Å². The number of hydrogen-bond donors (Lipinski definition) is 1. The number of halogens is 3. The summed E-state index contributed by atoms with van der Waals surface area (Å²) in [7, 11) is -2.57. The number of amides is 1. The van der Waals surface area contributed by atoms with E-state index < -0.39 is 22.5 Å². The molecule has 0 radical (unpaired) electrons. The van der Waals surface area contributed by atoms with Crippen LogP contribution in [0.25, 0.3) is 0 Å². The molecular weight excluding hydrogens is 655 g/mol. The van der Waals surface area contributed by atoms with Gasteiger partial charge in [0.15, 0.2) is 11.5 Å². The van der Waals surface area contributed by atoms with Gasteiger partial charge in [0.2, 0.25) is 0 Å². The zero-order valence-electron chi connectivity index (χ0n) is 21.5. The highest BCUT2D eigenvalue weighted by molar-refractivity contribution is 9.10. The van der Waals surface area contributed by atoms with Gasteiger partial charge in [-0.05, 0) is 75.6 Å². The number of nitrogens with one attached hydrogen (secondary N) is 1. The molecule has 13 heteroatoms. The van der Waals surface area contributed by atoms with Gasteiger partial charge < -0.3 is 9.47 Å². The third-order valence-electron chi connectivity index (χ3n) is 5.55. The average Bonchev–Trinajstić information content (AvgIpc) is 2.97. The van der Waals surface area contributed by atoms with Gasteiger partial charge in [-0.2, -0.15) is 5.10 Å². The number of sulfonamides is 1. The number of methoxy groups -OCH3 is 1. The lowest BCUT2D eigenvalue weighted by Gasteiger charge is -2.22. The molecule has 9 nitrogen and oxygen atoms in total. The number of aromatic nitrogens is 1. The predicted molar refractivity (Wildman–Crippen MR) is 162 cm³/mol. The molecule has 212 valence electrons. The lowest BCUT2D eigenvalue weighted by Crippen LogP contribution is -2.40. The van der Waals surface area contributed by atoms with Crippen LogP contribution < -0.4 is 19.2 Å². The zero-order chi connectivity index (χ0) is 29.4. The van der Waals surface area contributed by atoms with Crippen molar-refractivity contribution in [3.63, 3.8) is 0 Å². The molecule has 0 aliphatic rings. The van der Waals surface area contributed by atoms with Crippen LogP contribution in [-0.4, -0.2) is 39.2 Å². The van der Waals surface area contributed by atoms with Crippen LogP contribution in [0.1, 0.15) is 11.1 Å². The molecule has 0 aliphatic carbocycles. The molecule has 1 heterocycles. The minimum absolute atomic E-state index is 0.0281. The van der Waals surface area contributed by atoms with Crippen molar-refractivity contribution < 1.29 is 22.7 Å². The Bertz CT molecular complexity index is 1660. The monoisotopic (exact) mass is 676 g/mol. The molecule has 0 unspecified atom stereocenters. The molecule has 4 rings (SSSR count). The number of carbonyl (C=O) groups is 1. The summed E-state index contributed by atoms with van der Waals surface area (Å²) in [6, 6.07) is 21.2. The van der Waals surface area contributed by atoms with Crippen molar-refractivity contribution in [2.24, 2.45) is 5.10 Å². The van der Waals surface area contributed by atoms with E-state index in [9.17, 15) is 13.2 Å². The number of ether oxygens (including phenoxy) is 2. The maximum absolute atomic E-state index is 13.3. The standard InChI is InChI=1S/C28H23BrCl2N4O5S/c1-39-25-15-20(13-22(29)28(25)40-18-19-10-11-23(30)24(31)14-19)16-33-34-27(36)17-35(26-9-5-6-12-32-26)41(37,38)21-7-3-2-4-8-21/h2-16H,17-18H2,1H3,(H,34,36)/b33-16-. The van der Waals surface area contributed by atoms with Crippen molar-refractivity contribution in [1.82, 2.24) is 10.4 Å². The van der Waals surface area contributed by atoms with Crippen LogP contribution in [0.3, 0.4) is 0 Å². The fraction of sp³-hybridized carbons (Fsp3) is 0.107. The number of hydrogen-bond acceptors (Lipinski definition) is 7. The summed E-state index contributed by atoms with van der Waals surface area (Å²) < 4.78 is 39.5. The molecule has 3 aromatic carbocycles. The Morgan fingerprint density at radius 3 is 2.49 bits per heavy atom. The van der Waals surface area contributed by atoms with E-state index >= 15 is 0 Å². The lowest BCUT2D eigenvalue weighted by molar-refractivity contribution is -0.119. The van der Waals surface area contributed by atoms with Crippen LogP contribution in [0.15, 0.2) is 99.5 Å². The fourth-order valence-electron chi connectivity index (χ4n) is 3.59. The number of carbonyl (C=O) groups excluding carboxylic acids is 1. The van der Waals surface area contributed by atoms with Crippen molar-refractivity contribution in [1.29, 1.82) is 0 Å². The van der Waals surface area contributed by atoms with Crippen LogP contribution in [0.5, 0.6) is 11.5 Å². The zero-order valence-corrected chi connectivity index (χ0v) is 25.4. The van der Waals surface area contributed by atoms with E-state index in [2.05, 4.69) is 31.4 Å². The Kier molecular flexibility index (Phi) is 10.2. The first-order valence-corrected chi connectivity index (χ1v) is 14.9. The van der Waals surface area contributed by atoms with E-state index in [1.807, 2.05) is 0 Å². The Labute approximate surface area is 255 Å². The number of pyridine rings is 1. The molecule has 0 atom stereocenters. The Hall–Kier alpha value is -3.64. The molecule has 0 aliphatic heterocycles. The molecule has 0 fully saturated rings. The van der Waals surface area contributed by atoms with Crippen LogP contribution in [-0.2, 0) is 21.4 Å². The molecule has 0 bridgehead atoms. The van der Waals surface area contributed by atoms with Crippen molar-refractivity contribution >= 4 is 67.1 Å². The van der Waals surface area contributed by atoms with E-state index in [1.165, 1.54) is 37.7 Å². The Morgan fingerprint density at radius 1 is 1.05 bits per heavy atom. The van der Waals surface area contributed by atoms with Crippen molar-refractivity contribution in [2.75, 3.05) is 18.0 Å². The average molecular weight is 678 g/mol. The SMILES string of the molecule is COc1cc(/C=N\NC(=O)CN(c2ccccn2)S(=O)(=O)c2ccccc2)cc(Br)c1OCc1ccc(Cl)c(Cl)c1. The lowest BCUT2D eigenvalue weighted by atomic mass is 10.2. The van der Waals surface area contributed by atoms with Gasteiger partial charge in [-0.15, -0.1) is 0 Å². The van der Waals surface area contributed by atoms with Gasteiger partial charge in [0.05, 0.1) is 32.7 Å². The molecule has 1 N–H and O–H groups in total. The van der Waals surface area contributed by atoms with Gasteiger partial charge >= 0.3 is 0 Å². The van der Waals surface area contributed by atoms with Gasteiger partial charge in [-0.25, -0.2) is 23.1 Å². The Balaban J connectivity index is 1.46. The summed E-state index contributed by atoms with van der Waals surface area (Å²) >= 11 is 15.5. The Morgan fingerprint density at radius 2 is 1.80 bits per heavy atom. The molecule has 1 amide bonds.